The first kappa shape index (κ1) is 12.5. The molecule has 0 fully saturated rings. The highest BCUT2D eigenvalue weighted by Crippen LogP contribution is 2.23. The fourth-order valence-corrected chi connectivity index (χ4v) is 2.98. The summed E-state index contributed by atoms with van der Waals surface area (Å²) in [7, 11) is -1.54. The van der Waals surface area contributed by atoms with E-state index >= 15 is 0 Å². The Bertz CT molecular complexity index is 661. The Balaban J connectivity index is 2.58. The maximum absolute atomic E-state index is 13.5. The summed E-state index contributed by atoms with van der Waals surface area (Å²) in [5.74, 6) is -0.642. The summed E-state index contributed by atoms with van der Waals surface area (Å²) >= 11 is 0. The van der Waals surface area contributed by atoms with Crippen LogP contribution in [0, 0.1) is 24.1 Å². The van der Waals surface area contributed by atoms with Gasteiger partial charge in [0, 0.05) is 4.90 Å². The molecule has 0 aliphatic rings. The lowest BCUT2D eigenvalue weighted by Gasteiger charge is -2.07. The summed E-state index contributed by atoms with van der Waals surface area (Å²) in [6.45, 7) is 1.83. The summed E-state index contributed by atoms with van der Waals surface area (Å²) in [6, 6.07) is 13.1. The number of hydrogen-bond donors (Lipinski definition) is 0. The molecule has 0 aliphatic heterocycles. The molecule has 0 radical (unpaired) electrons. The van der Waals surface area contributed by atoms with Gasteiger partial charge in [-0.15, -0.1) is 0 Å². The van der Waals surface area contributed by atoms with Crippen molar-refractivity contribution < 1.29 is 8.60 Å². The summed E-state index contributed by atoms with van der Waals surface area (Å²) < 4.78 is 25.9. The van der Waals surface area contributed by atoms with Crippen LogP contribution in [0.25, 0.3) is 0 Å². The standard InChI is InChI=1S/C14H10FNOS/c1-10-5-2-3-7-13(10)18(17)14-8-4-6-12(15)11(14)9-16/h2-8H,1H3/t18-/m1/s1. The third-order valence-corrected chi connectivity index (χ3v) is 4.18. The minimum Gasteiger partial charge on any atom is -0.249 e. The van der Waals surface area contributed by atoms with Gasteiger partial charge in [-0.2, -0.15) is 5.26 Å². The van der Waals surface area contributed by atoms with Gasteiger partial charge < -0.3 is 0 Å². The van der Waals surface area contributed by atoms with Crippen molar-refractivity contribution >= 4 is 10.8 Å². The Morgan fingerprint density at radius 1 is 1.11 bits per heavy atom. The Kier molecular flexibility index (Phi) is 3.54. The molecule has 2 rings (SSSR count). The molecule has 0 saturated carbocycles. The topological polar surface area (TPSA) is 40.9 Å². The minimum atomic E-state index is -1.54. The third kappa shape index (κ3) is 2.18. The van der Waals surface area contributed by atoms with Crippen molar-refractivity contribution in [1.29, 1.82) is 5.26 Å². The van der Waals surface area contributed by atoms with E-state index in [1.807, 2.05) is 19.1 Å². The average Bonchev–Trinajstić information content (AvgIpc) is 2.38. The molecular formula is C14H10FNOS. The smallest absolute Gasteiger partial charge is 0.142 e. The van der Waals surface area contributed by atoms with Gasteiger partial charge in [0.2, 0.25) is 0 Å². The van der Waals surface area contributed by atoms with Gasteiger partial charge >= 0.3 is 0 Å². The van der Waals surface area contributed by atoms with Gasteiger partial charge in [0.25, 0.3) is 0 Å². The molecule has 90 valence electrons. The third-order valence-electron chi connectivity index (χ3n) is 2.58. The van der Waals surface area contributed by atoms with Gasteiger partial charge in [0.05, 0.1) is 15.7 Å². The summed E-state index contributed by atoms with van der Waals surface area (Å²) in [6.07, 6.45) is 0. The molecule has 0 bridgehead atoms. The lowest BCUT2D eigenvalue weighted by molar-refractivity contribution is 0.618. The molecule has 0 amide bonds. The molecule has 0 unspecified atom stereocenters. The highest BCUT2D eigenvalue weighted by molar-refractivity contribution is 7.85. The normalized spacial score (nSPS) is 11.8. The molecule has 1 atom stereocenters. The van der Waals surface area contributed by atoms with E-state index in [-0.39, 0.29) is 10.5 Å². The van der Waals surface area contributed by atoms with Gasteiger partial charge in [0.1, 0.15) is 17.4 Å². The highest BCUT2D eigenvalue weighted by Gasteiger charge is 2.16. The van der Waals surface area contributed by atoms with Crippen molar-refractivity contribution in [2.24, 2.45) is 0 Å². The van der Waals surface area contributed by atoms with E-state index in [4.69, 9.17) is 5.26 Å². The molecule has 0 N–H and O–H groups in total. The molecule has 4 heteroatoms. The van der Waals surface area contributed by atoms with Crippen molar-refractivity contribution in [3.05, 3.63) is 59.4 Å². The molecule has 18 heavy (non-hydrogen) atoms. The first-order valence-corrected chi connectivity index (χ1v) is 6.46. The average molecular weight is 259 g/mol. The van der Waals surface area contributed by atoms with E-state index in [0.717, 1.165) is 5.56 Å². The largest absolute Gasteiger partial charge is 0.249 e. The van der Waals surface area contributed by atoms with Crippen LogP contribution < -0.4 is 0 Å². The summed E-state index contributed by atoms with van der Waals surface area (Å²) in [5, 5.41) is 8.94. The van der Waals surface area contributed by atoms with E-state index in [1.165, 1.54) is 18.2 Å². The fourth-order valence-electron chi connectivity index (χ4n) is 1.65. The van der Waals surface area contributed by atoms with E-state index < -0.39 is 16.6 Å². The number of benzene rings is 2. The van der Waals surface area contributed by atoms with Crippen molar-refractivity contribution in [3.63, 3.8) is 0 Å². The predicted octanol–water partition coefficient (Wildman–Crippen LogP) is 3.17. The molecule has 2 aromatic rings. The molecule has 0 heterocycles. The van der Waals surface area contributed by atoms with Crippen LogP contribution in [0.15, 0.2) is 52.3 Å². The number of nitrogens with zero attached hydrogens (tertiary/aromatic N) is 1. The van der Waals surface area contributed by atoms with Crippen molar-refractivity contribution in [1.82, 2.24) is 0 Å². The van der Waals surface area contributed by atoms with Crippen LogP contribution in [0.4, 0.5) is 4.39 Å². The minimum absolute atomic E-state index is 0.154. The Hall–Kier alpha value is -1.99. The second-order valence-corrected chi connectivity index (χ2v) is 5.18. The van der Waals surface area contributed by atoms with Gasteiger partial charge in [-0.3, -0.25) is 0 Å². The lowest BCUT2D eigenvalue weighted by Crippen LogP contribution is -2.00. The molecule has 2 aromatic carbocycles. The van der Waals surface area contributed by atoms with E-state index in [9.17, 15) is 8.60 Å². The summed E-state index contributed by atoms with van der Waals surface area (Å²) in [5.41, 5.74) is 0.697. The van der Waals surface area contributed by atoms with Crippen molar-refractivity contribution in [3.8, 4) is 6.07 Å². The van der Waals surface area contributed by atoms with Crippen LogP contribution in [-0.2, 0) is 10.8 Å². The van der Waals surface area contributed by atoms with Crippen LogP contribution in [0.5, 0.6) is 0 Å². The molecule has 0 aliphatic carbocycles. The van der Waals surface area contributed by atoms with Crippen LogP contribution in [-0.4, -0.2) is 4.21 Å². The Morgan fingerprint density at radius 2 is 1.78 bits per heavy atom. The van der Waals surface area contributed by atoms with E-state index in [0.29, 0.717) is 4.90 Å². The first-order chi connectivity index (χ1) is 8.65. The molecular weight excluding hydrogens is 249 g/mol. The molecule has 0 spiro atoms. The lowest BCUT2D eigenvalue weighted by atomic mass is 10.2. The predicted molar refractivity (Wildman–Crippen MR) is 67.0 cm³/mol. The monoisotopic (exact) mass is 259 g/mol. The zero-order valence-corrected chi connectivity index (χ0v) is 10.5. The Morgan fingerprint density at radius 3 is 2.44 bits per heavy atom. The number of rotatable bonds is 2. The second-order valence-electron chi connectivity index (χ2n) is 3.76. The zero-order valence-electron chi connectivity index (χ0n) is 9.68. The van der Waals surface area contributed by atoms with Gasteiger partial charge in [-0.25, -0.2) is 8.60 Å². The number of nitriles is 1. The van der Waals surface area contributed by atoms with Gasteiger partial charge in [-0.05, 0) is 30.7 Å². The van der Waals surface area contributed by atoms with Crippen LogP contribution in [0.1, 0.15) is 11.1 Å². The maximum Gasteiger partial charge on any atom is 0.142 e. The highest BCUT2D eigenvalue weighted by atomic mass is 32.2. The fraction of sp³-hybridized carbons (Fsp3) is 0.0714. The SMILES string of the molecule is Cc1ccccc1[S@@](=O)c1cccc(F)c1C#N. The summed E-state index contributed by atoms with van der Waals surface area (Å²) in [4.78, 5) is 0.811. The maximum atomic E-state index is 13.5. The van der Waals surface area contributed by atoms with Crippen LogP contribution in [0.2, 0.25) is 0 Å². The Labute approximate surface area is 107 Å². The molecule has 0 saturated heterocycles. The van der Waals surface area contributed by atoms with E-state index in [2.05, 4.69) is 0 Å². The van der Waals surface area contributed by atoms with Crippen LogP contribution >= 0.6 is 0 Å². The number of aryl methyl sites for hydroxylation is 1. The zero-order chi connectivity index (χ0) is 13.1. The molecule has 2 nitrogen and oxygen atoms in total. The van der Waals surface area contributed by atoms with Gasteiger partial charge in [-0.1, -0.05) is 24.3 Å². The van der Waals surface area contributed by atoms with Crippen molar-refractivity contribution in [2.75, 3.05) is 0 Å². The second kappa shape index (κ2) is 5.11. The number of halogens is 1. The van der Waals surface area contributed by atoms with Crippen molar-refractivity contribution in [2.45, 2.75) is 16.7 Å². The molecule has 0 aromatic heterocycles. The van der Waals surface area contributed by atoms with E-state index in [1.54, 1.807) is 18.2 Å². The van der Waals surface area contributed by atoms with Crippen LogP contribution in [0.3, 0.4) is 0 Å². The number of hydrogen-bond acceptors (Lipinski definition) is 2. The quantitative estimate of drug-likeness (QED) is 0.831. The van der Waals surface area contributed by atoms with Gasteiger partial charge in [0.15, 0.2) is 0 Å². The first-order valence-electron chi connectivity index (χ1n) is 5.31.